The highest BCUT2D eigenvalue weighted by Crippen LogP contribution is 2.26. The lowest BCUT2D eigenvalue weighted by atomic mass is 10.1. The van der Waals surface area contributed by atoms with Gasteiger partial charge in [-0.2, -0.15) is 0 Å². The summed E-state index contributed by atoms with van der Waals surface area (Å²) in [7, 11) is 0. The number of benzene rings is 2. The molecule has 134 valence electrons. The Morgan fingerprint density at radius 2 is 1.88 bits per heavy atom. The molecule has 0 fully saturated rings. The number of nitrogens with zero attached hydrogens (tertiary/aromatic N) is 2. The smallest absolute Gasteiger partial charge is 0.220 e. The SMILES string of the molecule is CCOc1ccc2nc(Cl)c(CN(Cc3ccccc3)C(C)=O)cc2c1. The molecule has 4 nitrogen and oxygen atoms in total. The summed E-state index contributed by atoms with van der Waals surface area (Å²) in [5.41, 5.74) is 2.70. The van der Waals surface area contributed by atoms with E-state index in [4.69, 9.17) is 16.3 Å². The van der Waals surface area contributed by atoms with Crippen molar-refractivity contribution < 1.29 is 9.53 Å². The van der Waals surface area contributed by atoms with E-state index < -0.39 is 0 Å². The van der Waals surface area contributed by atoms with Crippen molar-refractivity contribution in [2.75, 3.05) is 6.61 Å². The molecular formula is C21H21ClN2O2. The van der Waals surface area contributed by atoms with E-state index in [1.807, 2.05) is 61.5 Å². The summed E-state index contributed by atoms with van der Waals surface area (Å²) in [4.78, 5) is 18.3. The van der Waals surface area contributed by atoms with Crippen LogP contribution in [0.2, 0.25) is 5.15 Å². The van der Waals surface area contributed by atoms with E-state index in [2.05, 4.69) is 4.98 Å². The van der Waals surface area contributed by atoms with Crippen LogP contribution in [0.15, 0.2) is 54.6 Å². The third-order valence-electron chi connectivity index (χ3n) is 4.15. The van der Waals surface area contributed by atoms with E-state index >= 15 is 0 Å². The molecule has 3 aromatic rings. The molecule has 0 aliphatic rings. The van der Waals surface area contributed by atoms with Gasteiger partial charge in [0, 0.05) is 31.0 Å². The van der Waals surface area contributed by atoms with Gasteiger partial charge in [-0.15, -0.1) is 0 Å². The van der Waals surface area contributed by atoms with E-state index in [0.717, 1.165) is 27.8 Å². The summed E-state index contributed by atoms with van der Waals surface area (Å²) in [5.74, 6) is 0.788. The van der Waals surface area contributed by atoms with Gasteiger partial charge in [-0.05, 0) is 36.8 Å². The van der Waals surface area contributed by atoms with E-state index in [-0.39, 0.29) is 5.91 Å². The van der Waals surface area contributed by atoms with Crippen LogP contribution in [0.5, 0.6) is 5.75 Å². The molecule has 0 bridgehead atoms. The van der Waals surface area contributed by atoms with E-state index in [9.17, 15) is 4.79 Å². The Hall–Kier alpha value is -2.59. The van der Waals surface area contributed by atoms with Crippen molar-refractivity contribution in [2.24, 2.45) is 0 Å². The molecule has 0 unspecified atom stereocenters. The Morgan fingerprint density at radius 3 is 2.58 bits per heavy atom. The highest BCUT2D eigenvalue weighted by molar-refractivity contribution is 6.30. The number of aromatic nitrogens is 1. The van der Waals surface area contributed by atoms with Crippen molar-refractivity contribution in [2.45, 2.75) is 26.9 Å². The molecule has 0 spiro atoms. The summed E-state index contributed by atoms with van der Waals surface area (Å²) in [6.07, 6.45) is 0. The molecule has 0 atom stereocenters. The molecule has 0 saturated heterocycles. The molecule has 0 aliphatic carbocycles. The van der Waals surface area contributed by atoms with Crippen LogP contribution in [0.4, 0.5) is 0 Å². The predicted molar refractivity (Wildman–Crippen MR) is 104 cm³/mol. The van der Waals surface area contributed by atoms with Gasteiger partial charge in [-0.25, -0.2) is 4.98 Å². The normalized spacial score (nSPS) is 10.7. The van der Waals surface area contributed by atoms with Crippen LogP contribution in [-0.4, -0.2) is 22.4 Å². The highest BCUT2D eigenvalue weighted by Gasteiger charge is 2.14. The van der Waals surface area contributed by atoms with Gasteiger partial charge in [-0.1, -0.05) is 41.9 Å². The molecule has 0 saturated carbocycles. The molecule has 3 rings (SSSR count). The average molecular weight is 369 g/mol. The Bertz CT molecular complexity index is 913. The van der Waals surface area contributed by atoms with Crippen LogP contribution in [0.25, 0.3) is 10.9 Å². The van der Waals surface area contributed by atoms with Crippen molar-refractivity contribution in [3.05, 3.63) is 70.9 Å². The minimum Gasteiger partial charge on any atom is -0.494 e. The van der Waals surface area contributed by atoms with Crippen molar-refractivity contribution in [1.82, 2.24) is 9.88 Å². The number of amides is 1. The molecule has 1 heterocycles. The average Bonchev–Trinajstić information content (AvgIpc) is 2.63. The fourth-order valence-electron chi connectivity index (χ4n) is 2.83. The Balaban J connectivity index is 1.89. The lowest BCUT2D eigenvalue weighted by Gasteiger charge is -2.22. The van der Waals surface area contributed by atoms with Gasteiger partial charge in [0.25, 0.3) is 0 Å². The first-order valence-corrected chi connectivity index (χ1v) is 8.96. The summed E-state index contributed by atoms with van der Waals surface area (Å²) >= 11 is 6.38. The Kier molecular flexibility index (Phi) is 5.74. The van der Waals surface area contributed by atoms with E-state index in [1.54, 1.807) is 11.8 Å². The quantitative estimate of drug-likeness (QED) is 0.585. The van der Waals surface area contributed by atoms with Gasteiger partial charge in [0.2, 0.25) is 5.91 Å². The van der Waals surface area contributed by atoms with Gasteiger partial charge in [-0.3, -0.25) is 4.79 Å². The van der Waals surface area contributed by atoms with Crippen molar-refractivity contribution in [3.8, 4) is 5.75 Å². The van der Waals surface area contributed by atoms with E-state index in [0.29, 0.717) is 24.8 Å². The standard InChI is InChI=1S/C21H21ClN2O2/c1-3-26-19-9-10-20-17(12-19)11-18(21(22)23-20)14-24(15(2)25)13-16-7-5-4-6-8-16/h4-12H,3,13-14H2,1-2H3. The zero-order valence-corrected chi connectivity index (χ0v) is 15.7. The second kappa shape index (κ2) is 8.19. The molecular weight excluding hydrogens is 348 g/mol. The first-order valence-electron chi connectivity index (χ1n) is 8.58. The predicted octanol–water partition coefficient (Wildman–Crippen LogP) is 4.84. The number of carbonyl (C=O) groups excluding carboxylic acids is 1. The number of pyridine rings is 1. The number of carbonyl (C=O) groups is 1. The van der Waals surface area contributed by atoms with Gasteiger partial charge in [0.05, 0.1) is 12.1 Å². The first-order chi connectivity index (χ1) is 12.6. The highest BCUT2D eigenvalue weighted by atomic mass is 35.5. The molecule has 0 aliphatic heterocycles. The van der Waals surface area contributed by atoms with Crippen LogP contribution >= 0.6 is 11.6 Å². The third-order valence-corrected chi connectivity index (χ3v) is 4.47. The second-order valence-corrected chi connectivity index (χ2v) is 6.44. The zero-order chi connectivity index (χ0) is 18.5. The minimum atomic E-state index is -0.00640. The van der Waals surface area contributed by atoms with E-state index in [1.165, 1.54) is 0 Å². The lowest BCUT2D eigenvalue weighted by Crippen LogP contribution is -2.27. The van der Waals surface area contributed by atoms with Gasteiger partial charge in [0.15, 0.2) is 0 Å². The van der Waals surface area contributed by atoms with Gasteiger partial charge in [0.1, 0.15) is 10.9 Å². The van der Waals surface area contributed by atoms with Crippen LogP contribution in [0, 0.1) is 0 Å². The van der Waals surface area contributed by atoms with Crippen molar-refractivity contribution >= 4 is 28.4 Å². The Labute approximate surface area is 158 Å². The summed E-state index contributed by atoms with van der Waals surface area (Å²) < 4.78 is 5.56. The van der Waals surface area contributed by atoms with Crippen molar-refractivity contribution in [1.29, 1.82) is 0 Å². The minimum absolute atomic E-state index is 0.00640. The van der Waals surface area contributed by atoms with Crippen LogP contribution < -0.4 is 4.74 Å². The van der Waals surface area contributed by atoms with Gasteiger partial charge < -0.3 is 9.64 Å². The molecule has 2 aromatic carbocycles. The molecule has 1 amide bonds. The lowest BCUT2D eigenvalue weighted by molar-refractivity contribution is -0.130. The largest absolute Gasteiger partial charge is 0.494 e. The van der Waals surface area contributed by atoms with Gasteiger partial charge >= 0.3 is 0 Å². The molecule has 0 N–H and O–H groups in total. The number of ether oxygens (including phenoxy) is 1. The van der Waals surface area contributed by atoms with Crippen LogP contribution in [0.3, 0.4) is 0 Å². The maximum atomic E-state index is 12.1. The maximum Gasteiger partial charge on any atom is 0.220 e. The number of fused-ring (bicyclic) bond motifs is 1. The topological polar surface area (TPSA) is 42.4 Å². The first kappa shape index (κ1) is 18.2. The fraction of sp³-hybridized carbons (Fsp3) is 0.238. The maximum absolute atomic E-state index is 12.1. The van der Waals surface area contributed by atoms with Crippen LogP contribution in [0.1, 0.15) is 25.0 Å². The number of hydrogen-bond acceptors (Lipinski definition) is 3. The Morgan fingerprint density at radius 1 is 1.12 bits per heavy atom. The zero-order valence-electron chi connectivity index (χ0n) is 14.9. The molecule has 1 aromatic heterocycles. The number of rotatable bonds is 6. The molecule has 0 radical (unpaired) electrons. The molecule has 5 heteroatoms. The van der Waals surface area contributed by atoms with Crippen molar-refractivity contribution in [3.63, 3.8) is 0 Å². The number of hydrogen-bond donors (Lipinski definition) is 0. The number of halogens is 1. The third kappa shape index (κ3) is 4.33. The molecule has 26 heavy (non-hydrogen) atoms. The summed E-state index contributed by atoms with van der Waals surface area (Å²) in [6, 6.07) is 17.6. The monoisotopic (exact) mass is 368 g/mol. The fourth-order valence-corrected chi connectivity index (χ4v) is 3.04. The van der Waals surface area contributed by atoms with Crippen LogP contribution in [-0.2, 0) is 17.9 Å². The summed E-state index contributed by atoms with van der Waals surface area (Å²) in [6.45, 7) is 5.06. The second-order valence-electron chi connectivity index (χ2n) is 6.09. The summed E-state index contributed by atoms with van der Waals surface area (Å²) in [5, 5.41) is 1.36.